The second kappa shape index (κ2) is 10.7. The quantitative estimate of drug-likeness (QED) is 0.317. The number of piperazine rings is 1. The Balaban J connectivity index is 1.36. The van der Waals surface area contributed by atoms with Gasteiger partial charge in [0.25, 0.3) is 5.91 Å². The molecule has 0 bridgehead atoms. The molecule has 1 saturated heterocycles. The number of aliphatic hydroxyl groups is 2. The number of halogens is 2. The highest BCUT2D eigenvalue weighted by Crippen LogP contribution is 2.44. The van der Waals surface area contributed by atoms with Gasteiger partial charge in [-0.25, -0.2) is 14.1 Å². The molecule has 3 aromatic heterocycles. The Morgan fingerprint density at radius 1 is 1.20 bits per heavy atom. The molecule has 4 heterocycles. The maximum absolute atomic E-state index is 15.3. The summed E-state index contributed by atoms with van der Waals surface area (Å²) in [5.74, 6) is -0.955. The van der Waals surface area contributed by atoms with E-state index in [1.54, 1.807) is 23.1 Å². The van der Waals surface area contributed by atoms with Crippen molar-refractivity contribution in [2.24, 2.45) is 0 Å². The molecule has 4 aromatic rings. The van der Waals surface area contributed by atoms with Gasteiger partial charge in [-0.3, -0.25) is 4.79 Å². The number of aromatic nitrogens is 4. The van der Waals surface area contributed by atoms with Crippen molar-refractivity contribution >= 4 is 44.9 Å². The highest BCUT2D eigenvalue weighted by atomic mass is 32.1. The summed E-state index contributed by atoms with van der Waals surface area (Å²) in [6, 6.07) is 9.82. The van der Waals surface area contributed by atoms with Crippen molar-refractivity contribution in [3.8, 4) is 17.3 Å². The maximum atomic E-state index is 15.3. The number of hydrogen-bond donors (Lipinski definition) is 2. The van der Waals surface area contributed by atoms with E-state index in [0.29, 0.717) is 45.6 Å². The Labute approximate surface area is 237 Å². The Hall–Kier alpha value is -4.19. The van der Waals surface area contributed by atoms with Crippen LogP contribution in [0.3, 0.4) is 0 Å². The van der Waals surface area contributed by atoms with Gasteiger partial charge >= 0.3 is 0 Å². The molecule has 14 heteroatoms. The highest BCUT2D eigenvalue weighted by Gasteiger charge is 2.33. The normalized spacial score (nSPS) is 16.2. The van der Waals surface area contributed by atoms with Gasteiger partial charge in [0.2, 0.25) is 5.95 Å². The number of nitrogens with zero attached hydrogens (tertiary/aromatic N) is 8. The zero-order chi connectivity index (χ0) is 28.8. The summed E-state index contributed by atoms with van der Waals surface area (Å²) in [4.78, 5) is 26.6. The minimum absolute atomic E-state index is 0.132. The molecule has 11 nitrogen and oxygen atoms in total. The first-order chi connectivity index (χ1) is 19.8. The topological polar surface area (TPSA) is 135 Å². The Bertz CT molecular complexity index is 1660. The standard InChI is InChI=1S/C27H26F2N8O3S/c1-34(27-31-22(21(13-30)41-27)15-2-4-16(28)5-3-15)25-18-12-19(23(29)32-24(18)33-37(25)17-6-7-17)35-8-10-36(11-9-35)26(40)20(39)14-38/h2-5,12,17,20,38-39H,6-11,14H2,1H3. The number of thiazole rings is 1. The molecule has 6 rings (SSSR count). The SMILES string of the molecule is CN(c1nc(-c2ccc(F)cc2)c(C#N)s1)c1c2cc(N3CCN(C(=O)C(O)CO)CC3)c(F)nc2nn1C1CC1. The zero-order valence-electron chi connectivity index (χ0n) is 22.0. The van der Waals surface area contributed by atoms with E-state index in [1.807, 2.05) is 16.6 Å². The molecule has 1 aliphatic heterocycles. The average Bonchev–Trinajstić information content (AvgIpc) is 3.64. The molecular formula is C27H26F2N8O3S. The summed E-state index contributed by atoms with van der Waals surface area (Å²) in [5.41, 5.74) is 1.58. The first-order valence-electron chi connectivity index (χ1n) is 13.1. The molecule has 1 aliphatic carbocycles. The van der Waals surface area contributed by atoms with Crippen molar-refractivity contribution in [3.63, 3.8) is 0 Å². The van der Waals surface area contributed by atoms with E-state index < -0.39 is 24.6 Å². The molecule has 2 aliphatic rings. The highest BCUT2D eigenvalue weighted by molar-refractivity contribution is 7.16. The summed E-state index contributed by atoms with van der Waals surface area (Å²) in [6.07, 6.45) is 0.364. The lowest BCUT2D eigenvalue weighted by Crippen LogP contribution is -2.52. The summed E-state index contributed by atoms with van der Waals surface area (Å²) < 4.78 is 30.6. The van der Waals surface area contributed by atoms with Crippen molar-refractivity contribution in [2.75, 3.05) is 49.6 Å². The first kappa shape index (κ1) is 27.0. The zero-order valence-corrected chi connectivity index (χ0v) is 22.9. The Morgan fingerprint density at radius 2 is 1.90 bits per heavy atom. The van der Waals surface area contributed by atoms with Crippen LogP contribution < -0.4 is 9.80 Å². The van der Waals surface area contributed by atoms with Crippen molar-refractivity contribution in [1.29, 1.82) is 5.26 Å². The number of benzene rings is 1. The molecule has 41 heavy (non-hydrogen) atoms. The molecule has 1 atom stereocenters. The number of fused-ring (bicyclic) bond motifs is 1. The third-order valence-corrected chi connectivity index (χ3v) is 8.36. The predicted octanol–water partition coefficient (Wildman–Crippen LogP) is 2.81. The fourth-order valence-corrected chi connectivity index (χ4v) is 5.84. The Kier molecular flexibility index (Phi) is 7.02. The second-order valence-electron chi connectivity index (χ2n) is 10.0. The molecule has 212 valence electrons. The average molecular weight is 581 g/mol. The van der Waals surface area contributed by atoms with Crippen molar-refractivity contribution in [2.45, 2.75) is 25.0 Å². The van der Waals surface area contributed by atoms with E-state index >= 15 is 4.39 Å². The molecule has 1 saturated carbocycles. The van der Waals surface area contributed by atoms with Crippen LogP contribution >= 0.6 is 11.3 Å². The van der Waals surface area contributed by atoms with Gasteiger partial charge in [0.1, 0.15) is 28.3 Å². The number of rotatable bonds is 7. The summed E-state index contributed by atoms with van der Waals surface area (Å²) in [7, 11) is 1.81. The van der Waals surface area contributed by atoms with Crippen LogP contribution in [0.5, 0.6) is 0 Å². The van der Waals surface area contributed by atoms with Crippen molar-refractivity contribution < 1.29 is 23.8 Å². The summed E-state index contributed by atoms with van der Waals surface area (Å²) >= 11 is 1.19. The van der Waals surface area contributed by atoms with Gasteiger partial charge in [0.05, 0.1) is 23.7 Å². The number of nitriles is 1. The predicted molar refractivity (Wildman–Crippen MR) is 148 cm³/mol. The van der Waals surface area contributed by atoms with Crippen LogP contribution in [0.1, 0.15) is 23.8 Å². The lowest BCUT2D eigenvalue weighted by atomic mass is 10.1. The molecule has 1 amide bonds. The minimum atomic E-state index is -1.47. The molecule has 0 spiro atoms. The Morgan fingerprint density at radius 3 is 2.54 bits per heavy atom. The number of hydrogen-bond acceptors (Lipinski definition) is 10. The van der Waals surface area contributed by atoms with Gasteiger partial charge in [0, 0.05) is 38.8 Å². The van der Waals surface area contributed by atoms with Crippen LogP contribution in [-0.4, -0.2) is 86.7 Å². The number of anilines is 3. The molecule has 2 N–H and O–H groups in total. The van der Waals surface area contributed by atoms with Gasteiger partial charge in [0.15, 0.2) is 16.9 Å². The number of amides is 1. The van der Waals surface area contributed by atoms with Gasteiger partial charge in [-0.05, 0) is 43.2 Å². The molecule has 1 aromatic carbocycles. The van der Waals surface area contributed by atoms with Crippen LogP contribution in [-0.2, 0) is 4.79 Å². The van der Waals surface area contributed by atoms with Gasteiger partial charge < -0.3 is 24.9 Å². The van der Waals surface area contributed by atoms with E-state index in [2.05, 4.69) is 16.2 Å². The fraction of sp³-hybridized carbons (Fsp3) is 0.370. The molecule has 2 fully saturated rings. The third kappa shape index (κ3) is 4.96. The van der Waals surface area contributed by atoms with E-state index in [9.17, 15) is 19.6 Å². The van der Waals surface area contributed by atoms with Crippen LogP contribution in [0.2, 0.25) is 0 Å². The largest absolute Gasteiger partial charge is 0.393 e. The van der Waals surface area contributed by atoms with E-state index in [1.165, 1.54) is 28.4 Å². The summed E-state index contributed by atoms with van der Waals surface area (Å²) in [5, 5.41) is 34.3. The third-order valence-electron chi connectivity index (χ3n) is 7.32. The first-order valence-corrected chi connectivity index (χ1v) is 13.9. The summed E-state index contributed by atoms with van der Waals surface area (Å²) in [6.45, 7) is 0.479. The molecule has 0 radical (unpaired) electrons. The fourth-order valence-electron chi connectivity index (χ4n) is 4.99. The number of carbonyl (C=O) groups is 1. The second-order valence-corrected chi connectivity index (χ2v) is 11.0. The van der Waals surface area contributed by atoms with Gasteiger partial charge in [-0.15, -0.1) is 0 Å². The van der Waals surface area contributed by atoms with E-state index in [4.69, 9.17) is 10.1 Å². The molecular weight excluding hydrogens is 554 g/mol. The molecule has 1 unspecified atom stereocenters. The van der Waals surface area contributed by atoms with Crippen molar-refractivity contribution in [1.82, 2.24) is 24.6 Å². The number of pyridine rings is 1. The van der Waals surface area contributed by atoms with Gasteiger partial charge in [-0.2, -0.15) is 19.7 Å². The number of aliphatic hydroxyl groups excluding tert-OH is 2. The number of carbonyl (C=O) groups excluding carboxylic acids is 1. The maximum Gasteiger partial charge on any atom is 0.253 e. The monoisotopic (exact) mass is 580 g/mol. The van der Waals surface area contributed by atoms with Crippen LogP contribution in [0.15, 0.2) is 30.3 Å². The van der Waals surface area contributed by atoms with E-state index in [-0.39, 0.29) is 36.3 Å². The smallest absolute Gasteiger partial charge is 0.253 e. The van der Waals surface area contributed by atoms with Crippen LogP contribution in [0.4, 0.5) is 25.4 Å². The van der Waals surface area contributed by atoms with Crippen LogP contribution in [0.25, 0.3) is 22.3 Å². The minimum Gasteiger partial charge on any atom is -0.393 e. The van der Waals surface area contributed by atoms with Crippen molar-refractivity contribution in [3.05, 3.63) is 47.0 Å². The van der Waals surface area contributed by atoms with Gasteiger partial charge in [-0.1, -0.05) is 11.3 Å². The lowest BCUT2D eigenvalue weighted by Gasteiger charge is -2.36. The van der Waals surface area contributed by atoms with Crippen LogP contribution in [0, 0.1) is 23.1 Å². The lowest BCUT2D eigenvalue weighted by molar-refractivity contribution is -0.142. The van der Waals surface area contributed by atoms with E-state index in [0.717, 1.165) is 12.8 Å².